The van der Waals surface area contributed by atoms with Gasteiger partial charge in [0.15, 0.2) is 0 Å². The van der Waals surface area contributed by atoms with Crippen LogP contribution >= 0.6 is 0 Å². The number of hydrogen-bond donors (Lipinski definition) is 0. The first-order chi connectivity index (χ1) is 9.31. The molecular weight excluding hydrogens is 282 g/mol. The van der Waals surface area contributed by atoms with Crippen LogP contribution in [0.15, 0.2) is 24.3 Å². The lowest BCUT2D eigenvalue weighted by molar-refractivity contribution is -0.130. The highest BCUT2D eigenvalue weighted by Crippen LogP contribution is 2.15. The van der Waals surface area contributed by atoms with Crippen molar-refractivity contribution in [3.05, 3.63) is 29.8 Å². The molecule has 0 heterocycles. The minimum atomic E-state index is -3.52. The van der Waals surface area contributed by atoms with Crippen LogP contribution in [0.4, 0.5) is 0 Å². The quantitative estimate of drug-likeness (QED) is 0.703. The highest BCUT2D eigenvalue weighted by molar-refractivity contribution is 7.86. The molecule has 0 unspecified atom stereocenters. The Balaban J connectivity index is 2.70. The Morgan fingerprint density at radius 1 is 1.25 bits per heavy atom. The first-order valence-corrected chi connectivity index (χ1v) is 7.86. The maximum absolute atomic E-state index is 11.5. The molecule has 1 aromatic rings. The summed E-state index contributed by atoms with van der Waals surface area (Å²) in [6.45, 7) is 2.91. The number of nitrogens with zero attached hydrogens (tertiary/aromatic N) is 1. The van der Waals surface area contributed by atoms with Crippen LogP contribution in [0.2, 0.25) is 0 Å². The molecule has 0 N–H and O–H groups in total. The van der Waals surface area contributed by atoms with Gasteiger partial charge in [-0.2, -0.15) is 8.42 Å². The molecule has 1 amide bonds. The van der Waals surface area contributed by atoms with Crippen molar-refractivity contribution in [2.75, 3.05) is 26.5 Å². The fraction of sp³-hybridized carbons (Fsp3) is 0.462. The molecule has 7 heteroatoms. The Morgan fingerprint density at radius 3 is 2.30 bits per heavy atom. The second-order valence-corrected chi connectivity index (χ2v) is 5.94. The normalized spacial score (nSPS) is 11.2. The van der Waals surface area contributed by atoms with Crippen molar-refractivity contribution < 1.29 is 22.1 Å². The third kappa shape index (κ3) is 6.03. The summed E-state index contributed by atoms with van der Waals surface area (Å²) in [6.07, 6.45) is 0.989. The van der Waals surface area contributed by atoms with Gasteiger partial charge in [0.2, 0.25) is 5.91 Å². The minimum absolute atomic E-state index is 0.0430. The first-order valence-electron chi connectivity index (χ1n) is 6.04. The van der Waals surface area contributed by atoms with E-state index in [1.54, 1.807) is 36.3 Å². The van der Waals surface area contributed by atoms with Gasteiger partial charge in [0.05, 0.1) is 12.9 Å². The molecule has 0 aliphatic carbocycles. The molecule has 112 valence electrons. The zero-order chi connectivity index (χ0) is 15.2. The van der Waals surface area contributed by atoms with Crippen LogP contribution < -0.4 is 4.18 Å². The summed E-state index contributed by atoms with van der Waals surface area (Å²) in [7, 11) is -1.94. The number of amides is 1. The number of carbonyl (C=O) groups excluding carboxylic acids is 1. The standard InChI is InChI=1S/C13H19NO5S/c1-11(15)14(8-9-18-2)10-12-4-6-13(7-5-12)19-20(3,16)17/h4-7H,8-10H2,1-3H3. The van der Waals surface area contributed by atoms with Crippen molar-refractivity contribution in [3.8, 4) is 5.75 Å². The van der Waals surface area contributed by atoms with Crippen LogP contribution in [-0.2, 0) is 26.2 Å². The van der Waals surface area contributed by atoms with Crippen LogP contribution in [0.3, 0.4) is 0 Å². The molecule has 0 saturated heterocycles. The van der Waals surface area contributed by atoms with Gasteiger partial charge in [0, 0.05) is 27.1 Å². The lowest BCUT2D eigenvalue weighted by Gasteiger charge is -2.20. The van der Waals surface area contributed by atoms with Crippen molar-refractivity contribution in [2.45, 2.75) is 13.5 Å². The summed E-state index contributed by atoms with van der Waals surface area (Å²) in [5.74, 6) is 0.209. The number of methoxy groups -OCH3 is 1. The van der Waals surface area contributed by atoms with Crippen molar-refractivity contribution in [3.63, 3.8) is 0 Å². The highest BCUT2D eigenvalue weighted by atomic mass is 32.2. The Kier molecular flexibility index (Phi) is 5.97. The van der Waals surface area contributed by atoms with E-state index >= 15 is 0 Å². The van der Waals surface area contributed by atoms with E-state index in [-0.39, 0.29) is 11.7 Å². The molecule has 0 fully saturated rings. The van der Waals surface area contributed by atoms with Gasteiger partial charge >= 0.3 is 10.1 Å². The minimum Gasteiger partial charge on any atom is -0.383 e. The Labute approximate surface area is 119 Å². The topological polar surface area (TPSA) is 72.9 Å². The smallest absolute Gasteiger partial charge is 0.306 e. The molecule has 0 aliphatic rings. The molecular formula is C13H19NO5S. The molecule has 0 saturated carbocycles. The average molecular weight is 301 g/mol. The molecule has 0 radical (unpaired) electrons. The second kappa shape index (κ2) is 7.25. The van der Waals surface area contributed by atoms with E-state index in [0.717, 1.165) is 11.8 Å². The van der Waals surface area contributed by atoms with E-state index in [1.807, 2.05) is 0 Å². The number of ether oxygens (including phenoxy) is 1. The first kappa shape index (κ1) is 16.5. The van der Waals surface area contributed by atoms with Gasteiger partial charge in [0.1, 0.15) is 5.75 Å². The summed E-state index contributed by atoms with van der Waals surface area (Å²) >= 11 is 0. The number of benzene rings is 1. The van der Waals surface area contributed by atoms with Gasteiger partial charge in [-0.25, -0.2) is 0 Å². The molecule has 6 nitrogen and oxygen atoms in total. The van der Waals surface area contributed by atoms with E-state index in [4.69, 9.17) is 8.92 Å². The molecule has 0 spiro atoms. The van der Waals surface area contributed by atoms with Gasteiger partial charge < -0.3 is 13.8 Å². The fourth-order valence-corrected chi connectivity index (χ4v) is 2.06. The Bertz CT molecular complexity index is 538. The lowest BCUT2D eigenvalue weighted by Crippen LogP contribution is -2.31. The summed E-state index contributed by atoms with van der Waals surface area (Å²) in [5, 5.41) is 0. The summed E-state index contributed by atoms with van der Waals surface area (Å²) in [6, 6.07) is 6.57. The van der Waals surface area contributed by atoms with Gasteiger partial charge in [-0.05, 0) is 17.7 Å². The predicted molar refractivity (Wildman–Crippen MR) is 74.9 cm³/mol. The summed E-state index contributed by atoms with van der Waals surface area (Å²) < 4.78 is 31.7. The van der Waals surface area contributed by atoms with Crippen LogP contribution in [0.25, 0.3) is 0 Å². The molecule has 0 atom stereocenters. The molecule has 1 rings (SSSR count). The maximum Gasteiger partial charge on any atom is 0.306 e. The number of carbonyl (C=O) groups is 1. The zero-order valence-electron chi connectivity index (χ0n) is 11.8. The van der Waals surface area contributed by atoms with E-state index in [1.165, 1.54) is 6.92 Å². The second-order valence-electron chi connectivity index (χ2n) is 4.36. The summed E-state index contributed by atoms with van der Waals surface area (Å²) in [5.41, 5.74) is 0.886. The monoisotopic (exact) mass is 301 g/mol. The molecule has 0 aromatic heterocycles. The fourth-order valence-electron chi connectivity index (χ4n) is 1.59. The van der Waals surface area contributed by atoms with Gasteiger partial charge in [-0.3, -0.25) is 4.79 Å². The third-order valence-electron chi connectivity index (χ3n) is 2.56. The summed E-state index contributed by atoms with van der Waals surface area (Å²) in [4.78, 5) is 13.1. The van der Waals surface area contributed by atoms with E-state index in [9.17, 15) is 13.2 Å². The van der Waals surface area contributed by atoms with Crippen molar-refractivity contribution >= 4 is 16.0 Å². The van der Waals surface area contributed by atoms with Crippen LogP contribution in [0.1, 0.15) is 12.5 Å². The van der Waals surface area contributed by atoms with Gasteiger partial charge in [0.25, 0.3) is 0 Å². The SMILES string of the molecule is COCCN(Cc1ccc(OS(C)(=O)=O)cc1)C(C)=O. The van der Waals surface area contributed by atoms with Crippen LogP contribution in [0, 0.1) is 0 Å². The van der Waals surface area contributed by atoms with Gasteiger partial charge in [-0.15, -0.1) is 0 Å². The average Bonchev–Trinajstić information content (AvgIpc) is 2.34. The zero-order valence-corrected chi connectivity index (χ0v) is 12.6. The highest BCUT2D eigenvalue weighted by Gasteiger charge is 2.10. The maximum atomic E-state index is 11.5. The third-order valence-corrected chi connectivity index (χ3v) is 3.05. The van der Waals surface area contributed by atoms with E-state index in [0.29, 0.717) is 19.7 Å². The Hall–Kier alpha value is -1.60. The largest absolute Gasteiger partial charge is 0.383 e. The Morgan fingerprint density at radius 2 is 1.85 bits per heavy atom. The van der Waals surface area contributed by atoms with Crippen LogP contribution in [0.5, 0.6) is 5.75 Å². The molecule has 0 aliphatic heterocycles. The predicted octanol–water partition coefficient (Wildman–Crippen LogP) is 1.02. The molecule has 1 aromatic carbocycles. The van der Waals surface area contributed by atoms with Crippen molar-refractivity contribution in [1.29, 1.82) is 0 Å². The molecule has 0 bridgehead atoms. The lowest BCUT2D eigenvalue weighted by atomic mass is 10.2. The van der Waals surface area contributed by atoms with Gasteiger partial charge in [-0.1, -0.05) is 12.1 Å². The van der Waals surface area contributed by atoms with E-state index in [2.05, 4.69) is 0 Å². The van der Waals surface area contributed by atoms with Crippen LogP contribution in [-0.4, -0.2) is 45.7 Å². The van der Waals surface area contributed by atoms with Crippen molar-refractivity contribution in [2.24, 2.45) is 0 Å². The van der Waals surface area contributed by atoms with E-state index < -0.39 is 10.1 Å². The number of rotatable bonds is 7. The van der Waals surface area contributed by atoms with Crippen molar-refractivity contribution in [1.82, 2.24) is 4.90 Å². The molecule has 20 heavy (non-hydrogen) atoms. The number of hydrogen-bond acceptors (Lipinski definition) is 5.